The number of benzene rings is 1. The summed E-state index contributed by atoms with van der Waals surface area (Å²) in [5.74, 6) is -0.957. The SMILES string of the molecule is Cc1nn(Cc2ccc(C#N)cc2)c(C)c1C(=O)O. The van der Waals surface area contributed by atoms with Crippen molar-refractivity contribution in [1.29, 1.82) is 5.26 Å². The van der Waals surface area contributed by atoms with Gasteiger partial charge in [-0.3, -0.25) is 4.68 Å². The summed E-state index contributed by atoms with van der Waals surface area (Å²) >= 11 is 0. The highest BCUT2D eigenvalue weighted by molar-refractivity contribution is 5.90. The van der Waals surface area contributed by atoms with Gasteiger partial charge in [-0.1, -0.05) is 12.1 Å². The van der Waals surface area contributed by atoms with Crippen LogP contribution in [0.15, 0.2) is 24.3 Å². The van der Waals surface area contributed by atoms with Crippen molar-refractivity contribution in [2.24, 2.45) is 0 Å². The summed E-state index contributed by atoms with van der Waals surface area (Å²) in [4.78, 5) is 11.1. The van der Waals surface area contributed by atoms with Crippen LogP contribution < -0.4 is 0 Å². The van der Waals surface area contributed by atoms with Gasteiger partial charge < -0.3 is 5.11 Å². The van der Waals surface area contributed by atoms with Gasteiger partial charge in [-0.25, -0.2) is 4.79 Å². The number of aryl methyl sites for hydroxylation is 1. The van der Waals surface area contributed by atoms with Crippen molar-refractivity contribution in [2.45, 2.75) is 20.4 Å². The molecular formula is C14H13N3O2. The van der Waals surface area contributed by atoms with Crippen LogP contribution >= 0.6 is 0 Å². The van der Waals surface area contributed by atoms with E-state index in [0.717, 1.165) is 5.56 Å². The molecule has 0 aliphatic carbocycles. The van der Waals surface area contributed by atoms with Crippen LogP contribution in [0.3, 0.4) is 0 Å². The minimum Gasteiger partial charge on any atom is -0.478 e. The van der Waals surface area contributed by atoms with Gasteiger partial charge in [-0.05, 0) is 31.5 Å². The minimum absolute atomic E-state index is 0.258. The Morgan fingerprint density at radius 2 is 2.00 bits per heavy atom. The molecule has 0 saturated carbocycles. The minimum atomic E-state index is -0.957. The highest BCUT2D eigenvalue weighted by Gasteiger charge is 2.17. The van der Waals surface area contributed by atoms with Gasteiger partial charge in [0.15, 0.2) is 0 Å². The number of hydrogen-bond acceptors (Lipinski definition) is 3. The molecule has 1 N–H and O–H groups in total. The van der Waals surface area contributed by atoms with Crippen molar-refractivity contribution < 1.29 is 9.90 Å². The third kappa shape index (κ3) is 2.47. The molecule has 0 spiro atoms. The second-order valence-corrected chi connectivity index (χ2v) is 4.32. The molecule has 0 radical (unpaired) electrons. The second kappa shape index (κ2) is 4.94. The van der Waals surface area contributed by atoms with Gasteiger partial charge in [-0.2, -0.15) is 10.4 Å². The van der Waals surface area contributed by atoms with E-state index in [4.69, 9.17) is 10.4 Å². The third-order valence-electron chi connectivity index (χ3n) is 3.01. The van der Waals surface area contributed by atoms with Gasteiger partial charge in [0.1, 0.15) is 5.56 Å². The van der Waals surface area contributed by atoms with Gasteiger partial charge in [-0.15, -0.1) is 0 Å². The molecule has 0 amide bonds. The Kier molecular flexibility index (Phi) is 3.34. The van der Waals surface area contributed by atoms with Crippen LogP contribution in [0.4, 0.5) is 0 Å². The number of hydrogen-bond donors (Lipinski definition) is 1. The zero-order valence-electron chi connectivity index (χ0n) is 10.7. The Morgan fingerprint density at radius 3 is 2.47 bits per heavy atom. The molecule has 1 aromatic carbocycles. The molecule has 0 aliphatic heterocycles. The smallest absolute Gasteiger partial charge is 0.339 e. The van der Waals surface area contributed by atoms with Gasteiger partial charge in [0.2, 0.25) is 0 Å². The van der Waals surface area contributed by atoms with Crippen molar-refractivity contribution in [3.8, 4) is 6.07 Å². The van der Waals surface area contributed by atoms with Crippen molar-refractivity contribution in [3.63, 3.8) is 0 Å². The van der Waals surface area contributed by atoms with Gasteiger partial charge in [0.25, 0.3) is 0 Å². The molecule has 96 valence electrons. The summed E-state index contributed by atoms with van der Waals surface area (Å²) in [5, 5.41) is 22.1. The van der Waals surface area contributed by atoms with E-state index in [1.807, 2.05) is 12.1 Å². The quantitative estimate of drug-likeness (QED) is 0.911. The first kappa shape index (κ1) is 12.8. The summed E-state index contributed by atoms with van der Waals surface area (Å²) in [6.45, 7) is 3.92. The first-order valence-electron chi connectivity index (χ1n) is 5.79. The van der Waals surface area contributed by atoms with E-state index in [1.54, 1.807) is 30.7 Å². The maximum atomic E-state index is 11.1. The molecule has 0 aliphatic rings. The number of nitrogens with zero attached hydrogens (tertiary/aromatic N) is 3. The van der Waals surface area contributed by atoms with Crippen LogP contribution in [0.2, 0.25) is 0 Å². The number of carboxylic acid groups (broad SMARTS) is 1. The van der Waals surface area contributed by atoms with Crippen LogP contribution in [-0.4, -0.2) is 20.9 Å². The van der Waals surface area contributed by atoms with Crippen LogP contribution in [-0.2, 0) is 6.54 Å². The van der Waals surface area contributed by atoms with E-state index in [0.29, 0.717) is 23.5 Å². The largest absolute Gasteiger partial charge is 0.478 e. The predicted molar refractivity (Wildman–Crippen MR) is 68.9 cm³/mol. The van der Waals surface area contributed by atoms with Crippen LogP contribution in [0, 0.1) is 25.2 Å². The van der Waals surface area contributed by atoms with E-state index < -0.39 is 5.97 Å². The fraction of sp³-hybridized carbons (Fsp3) is 0.214. The zero-order chi connectivity index (χ0) is 14.0. The first-order valence-corrected chi connectivity index (χ1v) is 5.79. The highest BCUT2D eigenvalue weighted by Crippen LogP contribution is 2.15. The fourth-order valence-electron chi connectivity index (χ4n) is 2.02. The summed E-state index contributed by atoms with van der Waals surface area (Å²) in [7, 11) is 0. The van der Waals surface area contributed by atoms with Crippen molar-refractivity contribution >= 4 is 5.97 Å². The number of rotatable bonds is 3. The molecule has 19 heavy (non-hydrogen) atoms. The number of aromatic nitrogens is 2. The maximum absolute atomic E-state index is 11.1. The summed E-state index contributed by atoms with van der Waals surface area (Å²) in [5.41, 5.74) is 2.98. The van der Waals surface area contributed by atoms with E-state index >= 15 is 0 Å². The van der Waals surface area contributed by atoms with Gasteiger partial charge in [0, 0.05) is 0 Å². The van der Waals surface area contributed by atoms with Crippen LogP contribution in [0.5, 0.6) is 0 Å². The fourth-order valence-corrected chi connectivity index (χ4v) is 2.02. The number of nitriles is 1. The lowest BCUT2D eigenvalue weighted by Crippen LogP contribution is -2.05. The normalized spacial score (nSPS) is 10.2. The van der Waals surface area contributed by atoms with Gasteiger partial charge in [0.05, 0.1) is 29.6 Å². The van der Waals surface area contributed by atoms with E-state index in [9.17, 15) is 4.79 Å². The van der Waals surface area contributed by atoms with E-state index in [-0.39, 0.29) is 5.56 Å². The molecule has 0 fully saturated rings. The van der Waals surface area contributed by atoms with E-state index in [1.165, 1.54) is 0 Å². The Hall–Kier alpha value is -2.61. The zero-order valence-corrected chi connectivity index (χ0v) is 10.7. The lowest BCUT2D eigenvalue weighted by Gasteiger charge is -2.05. The van der Waals surface area contributed by atoms with Gasteiger partial charge >= 0.3 is 5.97 Å². The maximum Gasteiger partial charge on any atom is 0.339 e. The summed E-state index contributed by atoms with van der Waals surface area (Å²) in [6, 6.07) is 9.21. The topological polar surface area (TPSA) is 78.9 Å². The lowest BCUT2D eigenvalue weighted by molar-refractivity contribution is 0.0695. The Morgan fingerprint density at radius 1 is 1.37 bits per heavy atom. The number of aromatic carboxylic acids is 1. The Labute approximate surface area is 110 Å². The molecule has 2 aromatic rings. The van der Waals surface area contributed by atoms with E-state index in [2.05, 4.69) is 11.2 Å². The third-order valence-corrected chi connectivity index (χ3v) is 3.01. The molecular weight excluding hydrogens is 242 g/mol. The van der Waals surface area contributed by atoms with Crippen LogP contribution in [0.25, 0.3) is 0 Å². The van der Waals surface area contributed by atoms with Crippen molar-refractivity contribution in [2.75, 3.05) is 0 Å². The second-order valence-electron chi connectivity index (χ2n) is 4.32. The van der Waals surface area contributed by atoms with Crippen molar-refractivity contribution in [1.82, 2.24) is 9.78 Å². The molecule has 0 saturated heterocycles. The molecule has 0 bridgehead atoms. The average molecular weight is 255 g/mol. The molecule has 0 unspecified atom stereocenters. The average Bonchev–Trinajstić information content (AvgIpc) is 2.65. The highest BCUT2D eigenvalue weighted by atomic mass is 16.4. The van der Waals surface area contributed by atoms with Crippen molar-refractivity contribution in [3.05, 3.63) is 52.3 Å². The standard InChI is InChI=1S/C14H13N3O2/c1-9-13(14(18)19)10(2)17(16-9)8-12-5-3-11(7-15)4-6-12/h3-6H,8H2,1-2H3,(H,18,19). The molecule has 1 aromatic heterocycles. The first-order chi connectivity index (χ1) is 9.02. The molecule has 5 heteroatoms. The molecule has 5 nitrogen and oxygen atoms in total. The molecule has 2 rings (SSSR count). The lowest BCUT2D eigenvalue weighted by atomic mass is 10.1. The molecule has 0 atom stereocenters. The summed E-state index contributed by atoms with van der Waals surface area (Å²) < 4.78 is 1.67. The van der Waals surface area contributed by atoms with Crippen LogP contribution in [0.1, 0.15) is 32.9 Å². The Bertz CT molecular complexity index is 663. The monoisotopic (exact) mass is 255 g/mol. The summed E-state index contributed by atoms with van der Waals surface area (Å²) in [6.07, 6.45) is 0. The number of carboxylic acids is 1. The predicted octanol–water partition coefficient (Wildman–Crippen LogP) is 2.12. The number of carbonyl (C=O) groups is 1. The molecule has 1 heterocycles. The Balaban J connectivity index is 2.31.